The second-order valence-corrected chi connectivity index (χ2v) is 21.6. The van der Waals surface area contributed by atoms with Crippen molar-refractivity contribution in [1.29, 1.82) is 0 Å². The Kier molecular flexibility index (Phi) is 61.8. The lowest BCUT2D eigenvalue weighted by Gasteiger charge is -2.18. The maximum atomic E-state index is 12.9. The first-order chi connectivity index (χ1) is 38.0. The molecule has 6 heteroatoms. The van der Waals surface area contributed by atoms with Crippen LogP contribution in [-0.2, 0) is 28.6 Å². The molecule has 0 fully saturated rings. The van der Waals surface area contributed by atoms with Crippen molar-refractivity contribution in [2.75, 3.05) is 13.2 Å². The Labute approximate surface area is 477 Å². The number of ether oxygens (including phenoxy) is 3. The van der Waals surface area contributed by atoms with Crippen LogP contribution in [0.5, 0.6) is 0 Å². The fourth-order valence-electron chi connectivity index (χ4n) is 9.14. The van der Waals surface area contributed by atoms with Gasteiger partial charge in [-0.2, -0.15) is 0 Å². The van der Waals surface area contributed by atoms with E-state index in [9.17, 15) is 14.4 Å². The van der Waals surface area contributed by atoms with E-state index in [1.165, 1.54) is 167 Å². The van der Waals surface area contributed by atoms with Crippen molar-refractivity contribution < 1.29 is 28.6 Å². The van der Waals surface area contributed by atoms with Crippen LogP contribution in [0, 0.1) is 0 Å². The molecule has 0 spiro atoms. The van der Waals surface area contributed by atoms with Crippen molar-refractivity contribution in [2.45, 2.75) is 322 Å². The van der Waals surface area contributed by atoms with Crippen LogP contribution in [-0.4, -0.2) is 37.2 Å². The molecule has 0 aromatic rings. The lowest BCUT2D eigenvalue weighted by molar-refractivity contribution is -0.167. The molecule has 0 aliphatic carbocycles. The molecule has 1 unspecified atom stereocenters. The predicted octanol–water partition coefficient (Wildman–Crippen LogP) is 22.4. The number of carbonyl (C=O) groups excluding carboxylic acids is 3. The highest BCUT2D eigenvalue weighted by Crippen LogP contribution is 2.16. The number of hydrogen-bond donors (Lipinski definition) is 0. The van der Waals surface area contributed by atoms with E-state index in [-0.39, 0.29) is 31.1 Å². The van der Waals surface area contributed by atoms with Crippen molar-refractivity contribution in [2.24, 2.45) is 0 Å². The quantitative estimate of drug-likeness (QED) is 0.0261. The third kappa shape index (κ3) is 63.0. The molecule has 0 bridgehead atoms. The maximum absolute atomic E-state index is 12.9. The molecule has 6 nitrogen and oxygen atoms in total. The monoisotopic (exact) mass is 1070 g/mol. The van der Waals surface area contributed by atoms with Crippen LogP contribution in [0.25, 0.3) is 0 Å². The van der Waals surface area contributed by atoms with Crippen molar-refractivity contribution in [3.63, 3.8) is 0 Å². The summed E-state index contributed by atoms with van der Waals surface area (Å²) >= 11 is 0. The average molecular weight is 1070 g/mol. The molecule has 0 N–H and O–H groups in total. The third-order valence-corrected chi connectivity index (χ3v) is 14.0. The molecule has 0 aliphatic rings. The standard InChI is InChI=1S/C71H122O6/c1-4-7-10-13-16-19-22-25-27-29-31-33-35-37-39-41-43-46-49-52-55-58-61-64-70(73)76-67-68(66-75-69(72)63-60-57-54-51-48-45-24-21-18-15-12-9-6-3)77-71(74)65-62-59-56-53-50-47-44-42-40-38-36-34-32-30-28-26-23-20-17-14-11-8-5-2/h9,12,18,21-23,25-26,29-32,35,37,45,48,68H,4-8,10-11,13-17,19-20,24,27-28,33-34,36,38-44,46-47,49-67H2,1-3H3/b12-9-,21-18-,25-22-,26-23-,31-29-,32-30-,37-35-,48-45-. The molecule has 0 saturated carbocycles. The number of hydrogen-bond acceptors (Lipinski definition) is 6. The average Bonchev–Trinajstić information content (AvgIpc) is 3.43. The van der Waals surface area contributed by atoms with Gasteiger partial charge in [-0.3, -0.25) is 14.4 Å². The van der Waals surface area contributed by atoms with Crippen molar-refractivity contribution in [3.05, 3.63) is 97.2 Å². The molecular formula is C71H122O6. The number of unbranched alkanes of at least 4 members (excludes halogenated alkanes) is 32. The normalized spacial score (nSPS) is 12.7. The summed E-state index contributed by atoms with van der Waals surface area (Å²) < 4.78 is 16.9. The van der Waals surface area contributed by atoms with Gasteiger partial charge in [0.2, 0.25) is 0 Å². The Morgan fingerprint density at radius 1 is 0.273 bits per heavy atom. The van der Waals surface area contributed by atoms with E-state index in [0.29, 0.717) is 19.3 Å². The fourth-order valence-corrected chi connectivity index (χ4v) is 9.14. The van der Waals surface area contributed by atoms with Gasteiger partial charge in [0.15, 0.2) is 6.10 Å². The molecule has 0 aromatic carbocycles. The van der Waals surface area contributed by atoms with E-state index < -0.39 is 6.10 Å². The van der Waals surface area contributed by atoms with E-state index in [2.05, 4.69) is 118 Å². The molecule has 1 atom stereocenters. The molecule has 0 rings (SSSR count). The topological polar surface area (TPSA) is 78.9 Å². The Balaban J connectivity index is 4.35. The highest BCUT2D eigenvalue weighted by molar-refractivity contribution is 5.71. The van der Waals surface area contributed by atoms with Crippen LogP contribution in [0.1, 0.15) is 316 Å². The maximum Gasteiger partial charge on any atom is 0.306 e. The SMILES string of the molecule is CC/C=C\C/C=C\C/C=C\CCCCCC(=O)OCC(COC(=O)CCCCCCCCCC/C=C\C/C=C\C/C=C\CCCCCCC)OC(=O)CCCCCCCCCCCCC/C=C\C/C=C\CCCCCCC. The lowest BCUT2D eigenvalue weighted by Crippen LogP contribution is -2.30. The first-order valence-corrected chi connectivity index (χ1v) is 32.7. The highest BCUT2D eigenvalue weighted by atomic mass is 16.6. The molecule has 0 aliphatic heterocycles. The van der Waals surface area contributed by atoms with Gasteiger partial charge in [-0.15, -0.1) is 0 Å². The summed E-state index contributed by atoms with van der Waals surface area (Å²) in [5, 5.41) is 0. The Bertz CT molecular complexity index is 1510. The molecule has 77 heavy (non-hydrogen) atoms. The predicted molar refractivity (Wildman–Crippen MR) is 334 cm³/mol. The van der Waals surface area contributed by atoms with Crippen LogP contribution in [0.4, 0.5) is 0 Å². The summed E-state index contributed by atoms with van der Waals surface area (Å²) in [5.74, 6) is -0.921. The van der Waals surface area contributed by atoms with Gasteiger partial charge in [0.25, 0.3) is 0 Å². The van der Waals surface area contributed by atoms with E-state index in [0.717, 1.165) is 109 Å². The first kappa shape index (κ1) is 73.3. The smallest absolute Gasteiger partial charge is 0.306 e. The highest BCUT2D eigenvalue weighted by Gasteiger charge is 2.19. The van der Waals surface area contributed by atoms with E-state index >= 15 is 0 Å². The summed E-state index contributed by atoms with van der Waals surface area (Å²) in [6, 6.07) is 0. The number of carbonyl (C=O) groups is 3. The van der Waals surface area contributed by atoms with E-state index in [4.69, 9.17) is 14.2 Å². The zero-order valence-electron chi connectivity index (χ0n) is 50.7. The summed E-state index contributed by atoms with van der Waals surface area (Å²) in [4.78, 5) is 38.3. The van der Waals surface area contributed by atoms with Gasteiger partial charge in [-0.25, -0.2) is 0 Å². The zero-order chi connectivity index (χ0) is 55.7. The van der Waals surface area contributed by atoms with Crippen molar-refractivity contribution in [1.82, 2.24) is 0 Å². The minimum absolute atomic E-state index is 0.0913. The van der Waals surface area contributed by atoms with Gasteiger partial charge in [0, 0.05) is 19.3 Å². The minimum Gasteiger partial charge on any atom is -0.462 e. The van der Waals surface area contributed by atoms with Crippen molar-refractivity contribution in [3.8, 4) is 0 Å². The molecule has 0 radical (unpaired) electrons. The molecule has 442 valence electrons. The van der Waals surface area contributed by atoms with Gasteiger partial charge in [-0.1, -0.05) is 272 Å². The molecule has 0 saturated heterocycles. The molecule has 0 amide bonds. The van der Waals surface area contributed by atoms with Crippen LogP contribution in [0.3, 0.4) is 0 Å². The summed E-state index contributed by atoms with van der Waals surface area (Å²) in [7, 11) is 0. The minimum atomic E-state index is -0.796. The Morgan fingerprint density at radius 3 is 0.805 bits per heavy atom. The summed E-state index contributed by atoms with van der Waals surface area (Å²) in [5.41, 5.74) is 0. The van der Waals surface area contributed by atoms with Gasteiger partial charge < -0.3 is 14.2 Å². The second-order valence-electron chi connectivity index (χ2n) is 21.6. The summed E-state index contributed by atoms with van der Waals surface area (Å²) in [6.07, 6.45) is 87.0. The lowest BCUT2D eigenvalue weighted by atomic mass is 10.0. The van der Waals surface area contributed by atoms with E-state index in [1.807, 2.05) is 0 Å². The molecular weight excluding hydrogens is 949 g/mol. The largest absolute Gasteiger partial charge is 0.462 e. The Morgan fingerprint density at radius 2 is 0.506 bits per heavy atom. The first-order valence-electron chi connectivity index (χ1n) is 32.7. The van der Waals surface area contributed by atoms with Crippen LogP contribution < -0.4 is 0 Å². The van der Waals surface area contributed by atoms with Gasteiger partial charge in [0.1, 0.15) is 13.2 Å². The third-order valence-electron chi connectivity index (χ3n) is 14.0. The van der Waals surface area contributed by atoms with Crippen LogP contribution >= 0.6 is 0 Å². The zero-order valence-corrected chi connectivity index (χ0v) is 50.7. The fraction of sp³-hybridized carbons (Fsp3) is 0.732. The van der Waals surface area contributed by atoms with Gasteiger partial charge in [0.05, 0.1) is 0 Å². The van der Waals surface area contributed by atoms with Crippen LogP contribution in [0.2, 0.25) is 0 Å². The number of rotatable bonds is 59. The summed E-state index contributed by atoms with van der Waals surface area (Å²) in [6.45, 7) is 6.50. The number of esters is 3. The molecule has 0 heterocycles. The second kappa shape index (κ2) is 64.9. The van der Waals surface area contributed by atoms with E-state index in [1.54, 1.807) is 0 Å². The van der Waals surface area contributed by atoms with Gasteiger partial charge >= 0.3 is 17.9 Å². The van der Waals surface area contributed by atoms with Crippen LogP contribution in [0.15, 0.2) is 97.2 Å². The molecule has 0 aromatic heterocycles. The Hall–Kier alpha value is -3.67. The number of allylic oxidation sites excluding steroid dienone is 16. The van der Waals surface area contributed by atoms with Gasteiger partial charge in [-0.05, 0) is 122 Å². The van der Waals surface area contributed by atoms with Crippen molar-refractivity contribution >= 4 is 17.9 Å².